The monoisotopic (exact) mass is 300 g/mol. The number of hydrogen-bond donors (Lipinski definition) is 1. The third-order valence-electron chi connectivity index (χ3n) is 4.58. The molecule has 1 aromatic rings. The Balaban J connectivity index is 1.48. The van der Waals surface area contributed by atoms with Gasteiger partial charge in [-0.3, -0.25) is 9.59 Å². The average Bonchev–Trinajstić information content (AvgIpc) is 3.31. The number of carbonyl (C=O) groups is 2. The minimum Gasteiger partial charge on any atom is -0.353 e. The van der Waals surface area contributed by atoms with Gasteiger partial charge < -0.3 is 10.2 Å². The zero-order chi connectivity index (χ0) is 15.5. The van der Waals surface area contributed by atoms with Crippen molar-refractivity contribution in [3.63, 3.8) is 0 Å². The lowest BCUT2D eigenvalue weighted by molar-refractivity contribution is -0.135. The number of amides is 2. The number of nitrogens with one attached hydrogen (secondary N) is 1. The van der Waals surface area contributed by atoms with Crippen LogP contribution in [-0.4, -0.2) is 35.8 Å². The second-order valence-electron chi connectivity index (χ2n) is 6.60. The van der Waals surface area contributed by atoms with Gasteiger partial charge in [0.05, 0.1) is 6.42 Å². The predicted molar refractivity (Wildman–Crippen MR) is 85.4 cm³/mol. The van der Waals surface area contributed by atoms with E-state index >= 15 is 0 Å². The van der Waals surface area contributed by atoms with Crippen LogP contribution in [0.4, 0.5) is 0 Å². The molecule has 118 valence electrons. The maximum absolute atomic E-state index is 12.4. The lowest BCUT2D eigenvalue weighted by atomic mass is 9.95. The van der Waals surface area contributed by atoms with Crippen molar-refractivity contribution >= 4 is 11.8 Å². The van der Waals surface area contributed by atoms with Crippen LogP contribution in [0.2, 0.25) is 0 Å². The van der Waals surface area contributed by atoms with E-state index in [0.29, 0.717) is 25.6 Å². The Labute approximate surface area is 131 Å². The Morgan fingerprint density at radius 3 is 2.55 bits per heavy atom. The third-order valence-corrected chi connectivity index (χ3v) is 4.58. The van der Waals surface area contributed by atoms with Gasteiger partial charge in [-0.15, -0.1) is 0 Å². The normalized spacial score (nSPS) is 19.0. The van der Waals surface area contributed by atoms with E-state index in [0.717, 1.165) is 31.2 Å². The molecule has 1 aliphatic carbocycles. The summed E-state index contributed by atoms with van der Waals surface area (Å²) in [6.07, 6.45) is 4.29. The molecular weight excluding hydrogens is 276 g/mol. The first-order chi connectivity index (χ1) is 10.6. The van der Waals surface area contributed by atoms with Crippen molar-refractivity contribution in [1.82, 2.24) is 10.2 Å². The molecule has 0 radical (unpaired) electrons. The van der Waals surface area contributed by atoms with E-state index in [1.54, 1.807) is 0 Å². The molecule has 2 aliphatic rings. The van der Waals surface area contributed by atoms with Gasteiger partial charge in [0.15, 0.2) is 0 Å². The number of carbonyl (C=O) groups excluding carboxylic acids is 2. The molecule has 1 aliphatic heterocycles. The standard InChI is InChI=1S/C18H24N2O2/c1-13-3-2-4-14(11-13)12-17(21)20-9-7-15(8-10-20)18(22)19-16-5-6-16/h2-4,11,15-16H,5-10,12H2,1H3,(H,19,22). The third kappa shape index (κ3) is 3.87. The Morgan fingerprint density at radius 2 is 1.91 bits per heavy atom. The highest BCUT2D eigenvalue weighted by molar-refractivity contribution is 5.81. The second kappa shape index (κ2) is 6.51. The van der Waals surface area contributed by atoms with Crippen LogP contribution in [0.1, 0.15) is 36.8 Å². The molecule has 2 fully saturated rings. The fourth-order valence-electron chi connectivity index (χ4n) is 3.05. The molecule has 4 nitrogen and oxygen atoms in total. The molecule has 22 heavy (non-hydrogen) atoms. The maximum atomic E-state index is 12.4. The summed E-state index contributed by atoms with van der Waals surface area (Å²) >= 11 is 0. The van der Waals surface area contributed by atoms with Gasteiger partial charge in [-0.05, 0) is 38.2 Å². The Bertz CT molecular complexity index is 558. The van der Waals surface area contributed by atoms with Crippen LogP contribution in [0.3, 0.4) is 0 Å². The highest BCUT2D eigenvalue weighted by atomic mass is 16.2. The van der Waals surface area contributed by atoms with Gasteiger partial charge in [-0.25, -0.2) is 0 Å². The Hall–Kier alpha value is -1.84. The number of rotatable bonds is 4. The van der Waals surface area contributed by atoms with Crippen LogP contribution in [-0.2, 0) is 16.0 Å². The summed E-state index contributed by atoms with van der Waals surface area (Å²) in [5, 5.41) is 3.07. The lowest BCUT2D eigenvalue weighted by Crippen LogP contribution is -2.43. The summed E-state index contributed by atoms with van der Waals surface area (Å²) in [5.74, 6) is 0.448. The van der Waals surface area contributed by atoms with Crippen LogP contribution in [0.15, 0.2) is 24.3 Å². The summed E-state index contributed by atoms with van der Waals surface area (Å²) in [7, 11) is 0. The Morgan fingerprint density at radius 1 is 1.18 bits per heavy atom. The van der Waals surface area contributed by atoms with Crippen molar-refractivity contribution in [2.45, 2.75) is 45.1 Å². The molecule has 1 N–H and O–H groups in total. The minimum absolute atomic E-state index is 0.0867. The van der Waals surface area contributed by atoms with Crippen LogP contribution >= 0.6 is 0 Å². The predicted octanol–water partition coefficient (Wildman–Crippen LogP) is 2.05. The van der Waals surface area contributed by atoms with Gasteiger partial charge in [0.25, 0.3) is 0 Å². The van der Waals surface area contributed by atoms with Crippen molar-refractivity contribution in [2.75, 3.05) is 13.1 Å². The zero-order valence-electron chi connectivity index (χ0n) is 13.2. The first-order valence-corrected chi connectivity index (χ1v) is 8.25. The first kappa shape index (κ1) is 15.1. The van der Waals surface area contributed by atoms with Gasteiger partial charge in [-0.2, -0.15) is 0 Å². The lowest BCUT2D eigenvalue weighted by Gasteiger charge is -2.31. The van der Waals surface area contributed by atoms with Crippen LogP contribution < -0.4 is 5.32 Å². The molecule has 3 rings (SSSR count). The van der Waals surface area contributed by atoms with E-state index in [4.69, 9.17) is 0 Å². The summed E-state index contributed by atoms with van der Waals surface area (Å²) in [6, 6.07) is 8.52. The molecule has 1 saturated carbocycles. The van der Waals surface area contributed by atoms with Gasteiger partial charge in [-0.1, -0.05) is 29.8 Å². The van der Waals surface area contributed by atoms with Crippen molar-refractivity contribution in [2.24, 2.45) is 5.92 Å². The fourth-order valence-corrected chi connectivity index (χ4v) is 3.05. The number of piperidine rings is 1. The highest BCUT2D eigenvalue weighted by Crippen LogP contribution is 2.23. The van der Waals surface area contributed by atoms with Gasteiger partial charge in [0, 0.05) is 25.0 Å². The largest absolute Gasteiger partial charge is 0.353 e. The molecule has 4 heteroatoms. The minimum atomic E-state index is 0.0867. The van der Waals surface area contributed by atoms with E-state index in [-0.39, 0.29) is 17.7 Å². The van der Waals surface area contributed by atoms with Crippen molar-refractivity contribution in [3.05, 3.63) is 35.4 Å². The number of nitrogens with zero attached hydrogens (tertiary/aromatic N) is 1. The number of likely N-dealkylation sites (tertiary alicyclic amines) is 1. The quantitative estimate of drug-likeness (QED) is 0.925. The smallest absolute Gasteiger partial charge is 0.226 e. The van der Waals surface area contributed by atoms with Gasteiger partial charge >= 0.3 is 0 Å². The Kier molecular flexibility index (Phi) is 4.46. The number of aryl methyl sites for hydroxylation is 1. The van der Waals surface area contributed by atoms with Gasteiger partial charge in [0.2, 0.25) is 11.8 Å². The number of hydrogen-bond acceptors (Lipinski definition) is 2. The molecule has 1 heterocycles. The van der Waals surface area contributed by atoms with Crippen molar-refractivity contribution < 1.29 is 9.59 Å². The van der Waals surface area contributed by atoms with Crippen LogP contribution in [0.5, 0.6) is 0 Å². The molecule has 0 spiro atoms. The van der Waals surface area contributed by atoms with Crippen LogP contribution in [0.25, 0.3) is 0 Å². The maximum Gasteiger partial charge on any atom is 0.226 e. The van der Waals surface area contributed by atoms with Crippen LogP contribution in [0, 0.1) is 12.8 Å². The van der Waals surface area contributed by atoms with E-state index in [1.807, 2.05) is 30.0 Å². The van der Waals surface area contributed by atoms with E-state index in [1.165, 1.54) is 5.56 Å². The first-order valence-electron chi connectivity index (χ1n) is 8.25. The molecule has 1 saturated heterocycles. The second-order valence-corrected chi connectivity index (χ2v) is 6.60. The molecule has 0 atom stereocenters. The van der Waals surface area contributed by atoms with Crippen molar-refractivity contribution in [3.8, 4) is 0 Å². The molecule has 2 amide bonds. The van der Waals surface area contributed by atoms with E-state index in [2.05, 4.69) is 11.4 Å². The average molecular weight is 300 g/mol. The highest BCUT2D eigenvalue weighted by Gasteiger charge is 2.30. The number of benzene rings is 1. The van der Waals surface area contributed by atoms with Gasteiger partial charge in [0.1, 0.15) is 0 Å². The molecule has 1 aromatic carbocycles. The summed E-state index contributed by atoms with van der Waals surface area (Å²) < 4.78 is 0. The molecule has 0 bridgehead atoms. The summed E-state index contributed by atoms with van der Waals surface area (Å²) in [4.78, 5) is 26.3. The van der Waals surface area contributed by atoms with E-state index < -0.39 is 0 Å². The fraction of sp³-hybridized carbons (Fsp3) is 0.556. The molecule has 0 aromatic heterocycles. The SMILES string of the molecule is Cc1cccc(CC(=O)N2CCC(C(=O)NC3CC3)CC2)c1. The topological polar surface area (TPSA) is 49.4 Å². The summed E-state index contributed by atoms with van der Waals surface area (Å²) in [6.45, 7) is 3.44. The molecular formula is C18H24N2O2. The van der Waals surface area contributed by atoms with Crippen molar-refractivity contribution in [1.29, 1.82) is 0 Å². The van der Waals surface area contributed by atoms with E-state index in [9.17, 15) is 9.59 Å². The molecule has 0 unspecified atom stereocenters. The summed E-state index contributed by atoms with van der Waals surface area (Å²) in [5.41, 5.74) is 2.25. The zero-order valence-corrected chi connectivity index (χ0v) is 13.2.